The van der Waals surface area contributed by atoms with Gasteiger partial charge in [0.05, 0.1) is 24.1 Å². The van der Waals surface area contributed by atoms with Crippen molar-refractivity contribution in [3.05, 3.63) is 83.4 Å². The second kappa shape index (κ2) is 14.8. The van der Waals surface area contributed by atoms with Crippen molar-refractivity contribution in [2.24, 2.45) is 11.7 Å². The lowest BCUT2D eigenvalue weighted by atomic mass is 9.90. The molecule has 2 heterocycles. The number of nitrogens with zero attached hydrogens (tertiary/aromatic N) is 3. The van der Waals surface area contributed by atoms with Crippen LogP contribution in [0.15, 0.2) is 77.7 Å². The smallest absolute Gasteiger partial charge is 0.280 e. The van der Waals surface area contributed by atoms with E-state index in [2.05, 4.69) is 0 Å². The summed E-state index contributed by atoms with van der Waals surface area (Å²) in [5.41, 5.74) is 8.67. The highest BCUT2D eigenvalue weighted by molar-refractivity contribution is 7.89. The number of halogens is 3. The third kappa shape index (κ3) is 8.03. The first-order valence-corrected chi connectivity index (χ1v) is 18.6. The fourth-order valence-electron chi connectivity index (χ4n) is 6.93. The van der Waals surface area contributed by atoms with Crippen LogP contribution in [0.2, 0.25) is 5.02 Å². The Labute approximate surface area is 286 Å². The number of carbonyl (C=O) groups excluding carboxylic acids is 1. The number of piperidine rings is 1. The van der Waals surface area contributed by atoms with E-state index < -0.39 is 40.5 Å². The van der Waals surface area contributed by atoms with E-state index in [-0.39, 0.29) is 31.0 Å². The number of sulfonamides is 1. The maximum atomic E-state index is 14.7. The van der Waals surface area contributed by atoms with Crippen LogP contribution in [0.5, 0.6) is 5.75 Å². The molecule has 1 saturated carbocycles. The number of nitrogens with two attached hydrogens (primary N) is 1. The molecule has 48 heavy (non-hydrogen) atoms. The van der Waals surface area contributed by atoms with Crippen molar-refractivity contribution >= 4 is 27.5 Å². The Hall–Kier alpha value is -3.09. The number of alkyl halides is 2. The third-order valence-corrected chi connectivity index (χ3v) is 12.0. The molecule has 3 fully saturated rings. The maximum Gasteiger partial charge on any atom is 0.280 e. The normalized spacial score (nSPS) is 22.8. The van der Waals surface area contributed by atoms with Gasteiger partial charge in [0.1, 0.15) is 11.8 Å². The molecule has 0 radical (unpaired) electrons. The molecule has 2 aliphatic heterocycles. The first kappa shape index (κ1) is 34.8. The van der Waals surface area contributed by atoms with Crippen LogP contribution >= 0.6 is 11.6 Å². The van der Waals surface area contributed by atoms with Crippen molar-refractivity contribution in [2.75, 3.05) is 39.3 Å². The summed E-state index contributed by atoms with van der Waals surface area (Å²) in [5, 5.41) is 0.660. The highest BCUT2D eigenvalue weighted by Crippen LogP contribution is 2.31. The van der Waals surface area contributed by atoms with E-state index in [9.17, 15) is 22.0 Å². The van der Waals surface area contributed by atoms with Crippen LogP contribution in [0.1, 0.15) is 44.1 Å². The predicted octanol–water partition coefficient (Wildman–Crippen LogP) is 6.04. The molecule has 2 N–H and O–H groups in total. The minimum Gasteiger partial charge on any atom is -0.493 e. The summed E-state index contributed by atoms with van der Waals surface area (Å²) in [6.45, 7) is 0.728. The molecule has 0 aromatic heterocycles. The van der Waals surface area contributed by atoms with Crippen LogP contribution < -0.4 is 10.5 Å². The fraction of sp³-hybridized carbons (Fsp3) is 0.472. The Balaban J connectivity index is 1.18. The van der Waals surface area contributed by atoms with Crippen LogP contribution in [-0.2, 0) is 21.4 Å². The topological polar surface area (TPSA) is 96.2 Å². The zero-order valence-electron chi connectivity index (χ0n) is 26.9. The van der Waals surface area contributed by atoms with Crippen molar-refractivity contribution in [1.29, 1.82) is 0 Å². The molecule has 1 amide bonds. The quantitative estimate of drug-likeness (QED) is 0.293. The molecule has 3 aliphatic rings. The van der Waals surface area contributed by atoms with Gasteiger partial charge in [0.15, 0.2) is 0 Å². The van der Waals surface area contributed by atoms with Crippen LogP contribution in [0.25, 0.3) is 11.1 Å². The summed E-state index contributed by atoms with van der Waals surface area (Å²) in [6.07, 6.45) is 5.87. The molecule has 3 aromatic rings. The number of ether oxygens (including phenoxy) is 1. The largest absolute Gasteiger partial charge is 0.493 e. The SMILES string of the molecule is N[C@@H]1CCN(C(=O)[C@H]2CN(Cc3ccc(-c4ccc(Cl)cc4)cc3)CCN2S(=O)(=O)c2ccc(OCC3CCCCC3)cc2)CC1(F)F. The molecule has 0 unspecified atom stereocenters. The van der Waals surface area contributed by atoms with Gasteiger partial charge in [0, 0.05) is 37.7 Å². The van der Waals surface area contributed by atoms with E-state index in [1.54, 1.807) is 12.1 Å². The zero-order chi connectivity index (χ0) is 33.9. The highest BCUT2D eigenvalue weighted by Gasteiger charge is 2.48. The number of hydrogen-bond donors (Lipinski definition) is 1. The number of likely N-dealkylation sites (tertiary alicyclic amines) is 1. The van der Waals surface area contributed by atoms with Gasteiger partial charge in [-0.25, -0.2) is 17.2 Å². The van der Waals surface area contributed by atoms with Crippen molar-refractivity contribution in [1.82, 2.24) is 14.1 Å². The standard InChI is InChI=1S/C36H43ClF2N4O4S/c37-30-12-10-29(11-13-30)28-8-6-26(7-9-28)22-41-20-21-43(33(23-41)35(44)42-19-18-34(40)36(38,39)25-42)48(45,46)32-16-14-31(15-17-32)47-24-27-4-2-1-3-5-27/h6-17,27,33-34H,1-5,18-25,40H2/t33-,34-/m1/s1. The third-order valence-electron chi connectivity index (χ3n) is 9.84. The summed E-state index contributed by atoms with van der Waals surface area (Å²) >= 11 is 6.03. The lowest BCUT2D eigenvalue weighted by Crippen LogP contribution is -2.64. The molecule has 12 heteroatoms. The van der Waals surface area contributed by atoms with E-state index in [0.717, 1.165) is 34.4 Å². The fourth-order valence-corrected chi connectivity index (χ4v) is 8.62. The minimum atomic E-state index is -4.14. The Bertz CT molecular complexity index is 1650. The molecule has 258 valence electrons. The van der Waals surface area contributed by atoms with Gasteiger partial charge in [0.2, 0.25) is 15.9 Å². The van der Waals surface area contributed by atoms with Crippen molar-refractivity contribution in [3.63, 3.8) is 0 Å². The van der Waals surface area contributed by atoms with Crippen LogP contribution in [0, 0.1) is 5.92 Å². The average Bonchev–Trinajstić information content (AvgIpc) is 3.09. The Morgan fingerprint density at radius 2 is 1.52 bits per heavy atom. The number of rotatable bonds is 9. The molecule has 6 rings (SSSR count). The summed E-state index contributed by atoms with van der Waals surface area (Å²) in [6, 6.07) is 19.3. The molecule has 8 nitrogen and oxygen atoms in total. The Kier molecular flexibility index (Phi) is 10.7. The van der Waals surface area contributed by atoms with E-state index in [0.29, 0.717) is 36.4 Å². The maximum absolute atomic E-state index is 14.7. The molecule has 0 spiro atoms. The lowest BCUT2D eigenvalue weighted by Gasteiger charge is -2.43. The van der Waals surface area contributed by atoms with Gasteiger partial charge in [-0.1, -0.05) is 67.3 Å². The second-order valence-electron chi connectivity index (χ2n) is 13.3. The molecule has 2 saturated heterocycles. The van der Waals surface area contributed by atoms with Gasteiger partial charge in [-0.3, -0.25) is 9.69 Å². The molecule has 1 aliphatic carbocycles. The number of hydrogen-bond acceptors (Lipinski definition) is 6. The second-order valence-corrected chi connectivity index (χ2v) is 15.6. The summed E-state index contributed by atoms with van der Waals surface area (Å²) < 4.78 is 64.6. The van der Waals surface area contributed by atoms with Crippen LogP contribution in [-0.4, -0.2) is 85.8 Å². The first-order valence-electron chi connectivity index (χ1n) is 16.7. The van der Waals surface area contributed by atoms with E-state index >= 15 is 0 Å². The van der Waals surface area contributed by atoms with Gasteiger partial charge < -0.3 is 15.4 Å². The molecule has 3 aromatic carbocycles. The summed E-state index contributed by atoms with van der Waals surface area (Å²) in [7, 11) is -4.14. The number of carbonyl (C=O) groups is 1. The van der Waals surface area contributed by atoms with Crippen molar-refractivity contribution in [2.45, 2.75) is 68.0 Å². The molecular formula is C36H43ClF2N4O4S. The predicted molar refractivity (Wildman–Crippen MR) is 182 cm³/mol. The first-order chi connectivity index (χ1) is 23.0. The Morgan fingerprint density at radius 1 is 0.875 bits per heavy atom. The Morgan fingerprint density at radius 3 is 2.17 bits per heavy atom. The lowest BCUT2D eigenvalue weighted by molar-refractivity contribution is -0.149. The monoisotopic (exact) mass is 700 g/mol. The summed E-state index contributed by atoms with van der Waals surface area (Å²) in [5.74, 6) is -2.81. The highest BCUT2D eigenvalue weighted by atomic mass is 35.5. The van der Waals surface area contributed by atoms with Crippen LogP contribution in [0.4, 0.5) is 8.78 Å². The van der Waals surface area contributed by atoms with Gasteiger partial charge >= 0.3 is 0 Å². The van der Waals surface area contributed by atoms with Gasteiger partial charge in [-0.05, 0) is 78.3 Å². The average molecular weight is 701 g/mol. The zero-order valence-corrected chi connectivity index (χ0v) is 28.5. The van der Waals surface area contributed by atoms with Gasteiger partial charge in [0.25, 0.3) is 5.92 Å². The number of amides is 1. The van der Waals surface area contributed by atoms with Gasteiger partial charge in [-0.2, -0.15) is 4.31 Å². The molecule has 2 atom stereocenters. The van der Waals surface area contributed by atoms with Crippen molar-refractivity contribution in [3.8, 4) is 16.9 Å². The van der Waals surface area contributed by atoms with Crippen molar-refractivity contribution < 1.29 is 26.7 Å². The summed E-state index contributed by atoms with van der Waals surface area (Å²) in [4.78, 5) is 17.0. The van der Waals surface area contributed by atoms with E-state index in [1.807, 2.05) is 53.4 Å². The van der Waals surface area contributed by atoms with E-state index in [1.165, 1.54) is 35.7 Å². The van der Waals surface area contributed by atoms with Crippen LogP contribution in [0.3, 0.4) is 0 Å². The number of piperazine rings is 1. The molecular weight excluding hydrogens is 658 g/mol. The molecule has 0 bridgehead atoms. The minimum absolute atomic E-state index is 0.0301. The van der Waals surface area contributed by atoms with Gasteiger partial charge in [-0.15, -0.1) is 0 Å². The number of benzene rings is 3. The van der Waals surface area contributed by atoms with E-state index in [4.69, 9.17) is 22.1 Å².